The molecule has 5 heteroatoms. The molecule has 1 aliphatic heterocycles. The predicted octanol–water partition coefficient (Wildman–Crippen LogP) is 2.66. The molecule has 120 valence electrons. The van der Waals surface area contributed by atoms with Gasteiger partial charge in [-0.3, -0.25) is 9.00 Å². The first kappa shape index (κ1) is 15.9. The lowest BCUT2D eigenvalue weighted by Crippen LogP contribution is -2.38. The number of hydrogen-bond donors (Lipinski definition) is 0. The molecule has 1 aliphatic rings. The Kier molecular flexibility index (Phi) is 4.86. The van der Waals surface area contributed by atoms with Crippen molar-refractivity contribution in [1.82, 2.24) is 4.90 Å². The SMILES string of the molecule is O=C(C[S@@](=O)Cc1cccc(F)c1)N1CCc2ccccc2C1. The van der Waals surface area contributed by atoms with Crippen LogP contribution in [0.25, 0.3) is 0 Å². The molecule has 0 aliphatic carbocycles. The van der Waals surface area contributed by atoms with E-state index in [9.17, 15) is 13.4 Å². The van der Waals surface area contributed by atoms with Gasteiger partial charge in [0.25, 0.3) is 0 Å². The van der Waals surface area contributed by atoms with E-state index in [1.807, 2.05) is 18.2 Å². The lowest BCUT2D eigenvalue weighted by Gasteiger charge is -2.28. The molecule has 0 bridgehead atoms. The summed E-state index contributed by atoms with van der Waals surface area (Å²) in [5.74, 6) is -0.264. The molecule has 1 heterocycles. The van der Waals surface area contributed by atoms with Crippen molar-refractivity contribution in [1.29, 1.82) is 0 Å². The molecule has 2 aromatic rings. The second-order valence-corrected chi connectivity index (χ2v) is 7.15. The van der Waals surface area contributed by atoms with Crippen molar-refractivity contribution in [2.75, 3.05) is 12.3 Å². The third-order valence-corrected chi connectivity index (χ3v) is 5.21. The van der Waals surface area contributed by atoms with Gasteiger partial charge in [0, 0.05) is 29.6 Å². The lowest BCUT2D eigenvalue weighted by atomic mass is 10.00. The van der Waals surface area contributed by atoms with Gasteiger partial charge in [-0.2, -0.15) is 0 Å². The molecule has 0 aromatic heterocycles. The predicted molar refractivity (Wildman–Crippen MR) is 88.7 cm³/mol. The third kappa shape index (κ3) is 4.05. The first-order chi connectivity index (χ1) is 11.1. The Labute approximate surface area is 137 Å². The van der Waals surface area contributed by atoms with Crippen molar-refractivity contribution in [3.05, 3.63) is 71.0 Å². The summed E-state index contributed by atoms with van der Waals surface area (Å²) in [7, 11) is -1.33. The number of hydrogen-bond acceptors (Lipinski definition) is 2. The van der Waals surface area contributed by atoms with Crippen LogP contribution in [0.3, 0.4) is 0 Å². The smallest absolute Gasteiger partial charge is 0.235 e. The van der Waals surface area contributed by atoms with E-state index >= 15 is 0 Å². The van der Waals surface area contributed by atoms with Gasteiger partial charge in [0.1, 0.15) is 11.6 Å². The molecule has 0 spiro atoms. The number of nitrogens with zero attached hydrogens (tertiary/aromatic N) is 1. The first-order valence-corrected chi connectivity index (χ1v) is 9.04. The Balaban J connectivity index is 1.58. The average Bonchev–Trinajstić information content (AvgIpc) is 2.54. The Morgan fingerprint density at radius 2 is 1.91 bits per heavy atom. The molecular formula is C18H18FNO2S. The van der Waals surface area contributed by atoms with Crippen LogP contribution in [0, 0.1) is 5.82 Å². The second kappa shape index (κ2) is 7.04. The minimum absolute atomic E-state index is 0.0152. The van der Waals surface area contributed by atoms with Gasteiger partial charge in [0.15, 0.2) is 0 Å². The maximum atomic E-state index is 13.1. The van der Waals surface area contributed by atoms with E-state index in [1.165, 1.54) is 17.7 Å². The van der Waals surface area contributed by atoms with Gasteiger partial charge in [0.05, 0.1) is 0 Å². The van der Waals surface area contributed by atoms with Gasteiger partial charge in [0.2, 0.25) is 5.91 Å². The highest BCUT2D eigenvalue weighted by molar-refractivity contribution is 7.84. The first-order valence-electron chi connectivity index (χ1n) is 7.56. The molecule has 0 saturated carbocycles. The van der Waals surface area contributed by atoms with Crippen LogP contribution in [-0.4, -0.2) is 27.3 Å². The fraction of sp³-hybridized carbons (Fsp3) is 0.278. The van der Waals surface area contributed by atoms with Crippen LogP contribution < -0.4 is 0 Å². The molecule has 1 atom stereocenters. The average molecular weight is 331 g/mol. The second-order valence-electron chi connectivity index (χ2n) is 5.69. The molecule has 2 aromatic carbocycles. The minimum Gasteiger partial charge on any atom is -0.337 e. The molecule has 0 unspecified atom stereocenters. The van der Waals surface area contributed by atoms with Crippen LogP contribution >= 0.6 is 0 Å². The van der Waals surface area contributed by atoms with E-state index in [0.29, 0.717) is 18.7 Å². The number of halogens is 1. The maximum absolute atomic E-state index is 13.1. The van der Waals surface area contributed by atoms with Crippen molar-refractivity contribution in [2.24, 2.45) is 0 Å². The highest BCUT2D eigenvalue weighted by atomic mass is 32.2. The number of fused-ring (bicyclic) bond motifs is 1. The van der Waals surface area contributed by atoms with Crippen LogP contribution in [-0.2, 0) is 34.3 Å². The topological polar surface area (TPSA) is 37.4 Å². The zero-order valence-electron chi connectivity index (χ0n) is 12.7. The zero-order chi connectivity index (χ0) is 16.2. The number of benzene rings is 2. The van der Waals surface area contributed by atoms with Crippen molar-refractivity contribution in [3.63, 3.8) is 0 Å². The number of carbonyl (C=O) groups excluding carboxylic acids is 1. The van der Waals surface area contributed by atoms with Gasteiger partial charge >= 0.3 is 0 Å². The molecule has 0 fully saturated rings. The van der Waals surface area contributed by atoms with Crippen LogP contribution in [0.2, 0.25) is 0 Å². The largest absolute Gasteiger partial charge is 0.337 e. The zero-order valence-corrected chi connectivity index (χ0v) is 13.5. The van der Waals surface area contributed by atoms with E-state index in [0.717, 1.165) is 12.0 Å². The normalized spacial score (nSPS) is 15.1. The van der Waals surface area contributed by atoms with E-state index in [2.05, 4.69) is 6.07 Å². The van der Waals surface area contributed by atoms with E-state index in [4.69, 9.17) is 0 Å². The Bertz CT molecular complexity index is 747. The molecule has 0 saturated heterocycles. The number of rotatable bonds is 4. The van der Waals surface area contributed by atoms with Crippen molar-refractivity contribution in [3.8, 4) is 0 Å². The van der Waals surface area contributed by atoms with Crippen molar-refractivity contribution >= 4 is 16.7 Å². The molecule has 23 heavy (non-hydrogen) atoms. The van der Waals surface area contributed by atoms with Crippen LogP contribution in [0.4, 0.5) is 4.39 Å². The summed E-state index contributed by atoms with van der Waals surface area (Å²) in [4.78, 5) is 14.1. The van der Waals surface area contributed by atoms with Crippen LogP contribution in [0.5, 0.6) is 0 Å². The van der Waals surface area contributed by atoms with Crippen molar-refractivity contribution in [2.45, 2.75) is 18.7 Å². The van der Waals surface area contributed by atoms with E-state index in [-0.39, 0.29) is 23.2 Å². The van der Waals surface area contributed by atoms with E-state index in [1.54, 1.807) is 17.0 Å². The molecule has 0 radical (unpaired) electrons. The Morgan fingerprint density at radius 3 is 2.70 bits per heavy atom. The Hall–Kier alpha value is -2.01. The molecule has 1 amide bonds. The fourth-order valence-electron chi connectivity index (χ4n) is 2.80. The highest BCUT2D eigenvalue weighted by Gasteiger charge is 2.21. The summed E-state index contributed by atoms with van der Waals surface area (Å²) >= 11 is 0. The fourth-order valence-corrected chi connectivity index (χ4v) is 3.91. The van der Waals surface area contributed by atoms with Crippen LogP contribution in [0.15, 0.2) is 48.5 Å². The van der Waals surface area contributed by atoms with Gasteiger partial charge in [-0.15, -0.1) is 0 Å². The molecule has 3 rings (SSSR count). The standard InChI is InChI=1S/C18H18FNO2S/c19-17-7-3-4-14(10-17)12-23(22)13-18(21)20-9-8-15-5-1-2-6-16(15)11-20/h1-7,10H,8-9,11-13H2/t23-/m0/s1. The Morgan fingerprint density at radius 1 is 1.13 bits per heavy atom. The van der Waals surface area contributed by atoms with E-state index < -0.39 is 10.8 Å². The summed E-state index contributed by atoms with van der Waals surface area (Å²) < 4.78 is 25.3. The summed E-state index contributed by atoms with van der Waals surface area (Å²) in [6.07, 6.45) is 0.832. The summed E-state index contributed by atoms with van der Waals surface area (Å²) in [6.45, 7) is 1.24. The summed E-state index contributed by atoms with van der Waals surface area (Å²) in [5.41, 5.74) is 3.08. The lowest BCUT2D eigenvalue weighted by molar-refractivity contribution is -0.129. The molecular weight excluding hydrogens is 313 g/mol. The summed E-state index contributed by atoms with van der Waals surface area (Å²) in [6, 6.07) is 14.1. The molecule has 3 nitrogen and oxygen atoms in total. The molecule has 0 N–H and O–H groups in total. The van der Waals surface area contributed by atoms with Gasteiger partial charge in [-0.1, -0.05) is 36.4 Å². The highest BCUT2D eigenvalue weighted by Crippen LogP contribution is 2.18. The van der Waals surface area contributed by atoms with Gasteiger partial charge in [-0.05, 0) is 35.2 Å². The third-order valence-electron chi connectivity index (χ3n) is 3.98. The summed E-state index contributed by atoms with van der Waals surface area (Å²) in [5, 5.41) is 0. The quantitative estimate of drug-likeness (QED) is 0.864. The number of carbonyl (C=O) groups is 1. The number of amides is 1. The van der Waals surface area contributed by atoms with Crippen molar-refractivity contribution < 1.29 is 13.4 Å². The minimum atomic E-state index is -1.33. The maximum Gasteiger partial charge on any atom is 0.235 e. The van der Waals surface area contributed by atoms with Gasteiger partial charge < -0.3 is 4.90 Å². The van der Waals surface area contributed by atoms with Gasteiger partial charge in [-0.25, -0.2) is 4.39 Å². The monoisotopic (exact) mass is 331 g/mol. The van der Waals surface area contributed by atoms with Crippen LogP contribution in [0.1, 0.15) is 16.7 Å².